The van der Waals surface area contributed by atoms with Gasteiger partial charge < -0.3 is 9.47 Å². The van der Waals surface area contributed by atoms with E-state index in [1.54, 1.807) is 42.5 Å². The third-order valence-corrected chi connectivity index (χ3v) is 4.09. The molecule has 0 saturated heterocycles. The fourth-order valence-electron chi connectivity index (χ4n) is 2.47. The van der Waals surface area contributed by atoms with E-state index in [4.69, 9.17) is 9.47 Å². The van der Waals surface area contributed by atoms with E-state index in [0.717, 1.165) is 18.4 Å². The molecular formula is C22H24O5. The van der Waals surface area contributed by atoms with E-state index < -0.39 is 24.0 Å². The number of carbonyl (C=O) groups is 3. The lowest BCUT2D eigenvalue weighted by Crippen LogP contribution is -2.24. The molecular weight excluding hydrogens is 344 g/mol. The first-order chi connectivity index (χ1) is 13.0. The first-order valence-electron chi connectivity index (χ1n) is 9.14. The summed E-state index contributed by atoms with van der Waals surface area (Å²) in [6.45, 7) is 3.96. The second-order valence-corrected chi connectivity index (χ2v) is 6.14. The van der Waals surface area contributed by atoms with Crippen LogP contribution in [0.1, 0.15) is 60.7 Å². The number of rotatable bonds is 8. The van der Waals surface area contributed by atoms with E-state index in [9.17, 15) is 14.4 Å². The minimum absolute atomic E-state index is 0.149. The lowest BCUT2D eigenvalue weighted by molar-refractivity contribution is -0.166. The summed E-state index contributed by atoms with van der Waals surface area (Å²) in [5.41, 5.74) is 1.87. The van der Waals surface area contributed by atoms with Crippen LogP contribution in [0, 0.1) is 0 Å². The summed E-state index contributed by atoms with van der Waals surface area (Å²) in [6, 6.07) is 15.5. The molecule has 0 bridgehead atoms. The van der Waals surface area contributed by atoms with Crippen LogP contribution >= 0.6 is 0 Å². The Morgan fingerprint density at radius 2 is 1.59 bits per heavy atom. The van der Waals surface area contributed by atoms with E-state index >= 15 is 0 Å². The van der Waals surface area contributed by atoms with Gasteiger partial charge in [0.25, 0.3) is 0 Å². The average molecular weight is 368 g/mol. The summed E-state index contributed by atoms with van der Waals surface area (Å²) < 4.78 is 10.3. The van der Waals surface area contributed by atoms with Crippen LogP contribution in [0.25, 0.3) is 0 Å². The molecule has 2 aromatic carbocycles. The summed E-state index contributed by atoms with van der Waals surface area (Å²) in [4.78, 5) is 36.7. The zero-order chi connectivity index (χ0) is 19.6. The summed E-state index contributed by atoms with van der Waals surface area (Å²) in [6.07, 6.45) is 1.15. The number of aryl methyl sites for hydroxylation is 1. The van der Waals surface area contributed by atoms with Crippen molar-refractivity contribution in [3.05, 3.63) is 71.3 Å². The second-order valence-electron chi connectivity index (χ2n) is 6.14. The number of benzene rings is 2. The molecule has 0 aliphatic rings. The number of hydrogen-bond donors (Lipinski definition) is 0. The van der Waals surface area contributed by atoms with Crippen LogP contribution in [0.2, 0.25) is 0 Å². The molecule has 2 aromatic rings. The minimum atomic E-state index is -1.30. The van der Waals surface area contributed by atoms with Crippen LogP contribution in [0.4, 0.5) is 0 Å². The lowest BCUT2D eigenvalue weighted by Gasteiger charge is -2.16. The topological polar surface area (TPSA) is 69.7 Å². The van der Waals surface area contributed by atoms with Gasteiger partial charge in [-0.15, -0.1) is 0 Å². The van der Waals surface area contributed by atoms with E-state index in [1.165, 1.54) is 0 Å². The van der Waals surface area contributed by atoms with Crippen molar-refractivity contribution in [1.82, 2.24) is 0 Å². The highest BCUT2D eigenvalue weighted by Gasteiger charge is 2.29. The fraction of sp³-hybridized carbons (Fsp3) is 0.318. The van der Waals surface area contributed by atoms with Crippen LogP contribution in [0.5, 0.6) is 0 Å². The molecule has 0 fully saturated rings. The number of esters is 3. The van der Waals surface area contributed by atoms with Gasteiger partial charge in [-0.1, -0.05) is 62.7 Å². The molecule has 0 aliphatic heterocycles. The molecule has 0 aliphatic carbocycles. The van der Waals surface area contributed by atoms with Crippen LogP contribution in [0.15, 0.2) is 54.6 Å². The highest BCUT2D eigenvalue weighted by molar-refractivity contribution is 5.94. The molecule has 0 radical (unpaired) electrons. The predicted octanol–water partition coefficient (Wildman–Crippen LogP) is 4.41. The molecule has 0 heterocycles. The molecule has 2 rings (SSSR count). The van der Waals surface area contributed by atoms with Crippen LogP contribution in [0.3, 0.4) is 0 Å². The fourth-order valence-corrected chi connectivity index (χ4v) is 2.47. The molecule has 5 heteroatoms. The van der Waals surface area contributed by atoms with Crippen molar-refractivity contribution in [1.29, 1.82) is 0 Å². The van der Waals surface area contributed by atoms with Crippen molar-refractivity contribution < 1.29 is 23.9 Å². The van der Waals surface area contributed by atoms with E-state index in [2.05, 4.69) is 0 Å². The summed E-state index contributed by atoms with van der Waals surface area (Å²) in [7, 11) is 0. The molecule has 5 nitrogen and oxygen atoms in total. The normalized spacial score (nSPS) is 11.5. The Morgan fingerprint density at radius 3 is 2.19 bits per heavy atom. The molecule has 142 valence electrons. The Morgan fingerprint density at radius 1 is 0.926 bits per heavy atom. The molecule has 0 amide bonds. The molecule has 0 spiro atoms. The van der Waals surface area contributed by atoms with Crippen molar-refractivity contribution in [2.75, 3.05) is 0 Å². The van der Waals surface area contributed by atoms with E-state index in [-0.39, 0.29) is 6.42 Å². The van der Waals surface area contributed by atoms with E-state index in [1.807, 2.05) is 26.0 Å². The van der Waals surface area contributed by atoms with Gasteiger partial charge in [-0.05, 0) is 30.5 Å². The van der Waals surface area contributed by atoms with Crippen molar-refractivity contribution >= 4 is 17.9 Å². The smallest absolute Gasteiger partial charge is 0.359 e. The van der Waals surface area contributed by atoms with Gasteiger partial charge in [0.15, 0.2) is 0 Å². The maximum absolute atomic E-state index is 12.5. The Hall–Kier alpha value is -2.95. The standard InChI is InChI=1S/C22H24O5/c1-3-5-11-19(23)26-22(25)20(17-9-7-6-8-10-17)27-21(24)18-14-12-16(4-2)13-15-18/h6-10,12-15,20H,3-5,11H2,1-2H3. The van der Waals surface area contributed by atoms with Gasteiger partial charge in [0, 0.05) is 12.0 Å². The largest absolute Gasteiger partial charge is 0.442 e. The summed E-state index contributed by atoms with van der Waals surface area (Å²) >= 11 is 0. The minimum Gasteiger partial charge on any atom is -0.442 e. The summed E-state index contributed by atoms with van der Waals surface area (Å²) in [5.74, 6) is -2.16. The number of carbonyl (C=O) groups excluding carboxylic acids is 3. The molecule has 27 heavy (non-hydrogen) atoms. The molecule has 0 aromatic heterocycles. The number of unbranched alkanes of at least 4 members (excludes halogenated alkanes) is 1. The van der Waals surface area contributed by atoms with Crippen molar-refractivity contribution in [2.45, 2.75) is 45.6 Å². The molecule has 0 N–H and O–H groups in total. The number of ether oxygens (including phenoxy) is 2. The highest BCUT2D eigenvalue weighted by Crippen LogP contribution is 2.21. The maximum Gasteiger partial charge on any atom is 0.359 e. The Bertz CT molecular complexity index is 765. The molecule has 1 unspecified atom stereocenters. The second kappa shape index (κ2) is 10.3. The van der Waals surface area contributed by atoms with Crippen molar-refractivity contribution in [3.8, 4) is 0 Å². The van der Waals surface area contributed by atoms with Gasteiger partial charge in [-0.25, -0.2) is 9.59 Å². The van der Waals surface area contributed by atoms with Gasteiger partial charge in [0.2, 0.25) is 6.10 Å². The average Bonchev–Trinajstić information content (AvgIpc) is 2.70. The predicted molar refractivity (Wildman–Crippen MR) is 101 cm³/mol. The zero-order valence-corrected chi connectivity index (χ0v) is 15.6. The first kappa shape index (κ1) is 20.4. The first-order valence-corrected chi connectivity index (χ1v) is 9.14. The van der Waals surface area contributed by atoms with Gasteiger partial charge in [-0.3, -0.25) is 4.79 Å². The summed E-state index contributed by atoms with van der Waals surface area (Å²) in [5, 5.41) is 0. The Kier molecular flexibility index (Phi) is 7.74. The molecule has 0 saturated carbocycles. The lowest BCUT2D eigenvalue weighted by atomic mass is 10.1. The monoisotopic (exact) mass is 368 g/mol. The zero-order valence-electron chi connectivity index (χ0n) is 15.6. The van der Waals surface area contributed by atoms with Crippen LogP contribution in [-0.2, 0) is 25.5 Å². The highest BCUT2D eigenvalue weighted by atomic mass is 16.6. The SMILES string of the molecule is CCCCC(=O)OC(=O)C(OC(=O)c1ccc(CC)cc1)c1ccccc1. The Balaban J connectivity index is 2.15. The third-order valence-electron chi connectivity index (χ3n) is 4.09. The van der Waals surface area contributed by atoms with Crippen LogP contribution < -0.4 is 0 Å². The third kappa shape index (κ3) is 6.06. The van der Waals surface area contributed by atoms with Crippen LogP contribution in [-0.4, -0.2) is 17.9 Å². The van der Waals surface area contributed by atoms with Crippen molar-refractivity contribution in [2.24, 2.45) is 0 Å². The molecule has 1 atom stereocenters. The van der Waals surface area contributed by atoms with Gasteiger partial charge >= 0.3 is 17.9 Å². The maximum atomic E-state index is 12.5. The van der Waals surface area contributed by atoms with Gasteiger partial charge in [0.1, 0.15) is 0 Å². The van der Waals surface area contributed by atoms with Crippen molar-refractivity contribution in [3.63, 3.8) is 0 Å². The quantitative estimate of drug-likeness (QED) is 0.510. The van der Waals surface area contributed by atoms with Gasteiger partial charge in [-0.2, -0.15) is 0 Å². The van der Waals surface area contributed by atoms with E-state index in [0.29, 0.717) is 17.5 Å². The number of hydrogen-bond acceptors (Lipinski definition) is 5. The Labute approximate surface area is 159 Å². The van der Waals surface area contributed by atoms with Gasteiger partial charge in [0.05, 0.1) is 5.56 Å².